The molecule has 0 amide bonds. The van der Waals surface area contributed by atoms with E-state index in [9.17, 15) is 0 Å². The summed E-state index contributed by atoms with van der Waals surface area (Å²) in [6, 6.07) is 0.374. The molecule has 17 heavy (non-hydrogen) atoms. The van der Waals surface area contributed by atoms with Crippen molar-refractivity contribution in [1.82, 2.24) is 20.4 Å². The molecule has 1 saturated heterocycles. The minimum Gasteiger partial charge on any atom is -0.339 e. The van der Waals surface area contributed by atoms with Crippen LogP contribution in [-0.4, -0.2) is 47.8 Å². The third kappa shape index (κ3) is 3.04. The molecule has 2 unspecified atom stereocenters. The van der Waals surface area contributed by atoms with Gasteiger partial charge in [-0.05, 0) is 33.5 Å². The van der Waals surface area contributed by atoms with Gasteiger partial charge in [-0.15, -0.1) is 0 Å². The Kier molecular flexibility index (Phi) is 4.12. The van der Waals surface area contributed by atoms with Crippen molar-refractivity contribution in [3.63, 3.8) is 0 Å². The molecule has 2 atom stereocenters. The second-order valence-electron chi connectivity index (χ2n) is 4.82. The molecule has 0 spiro atoms. The third-order valence-electron chi connectivity index (χ3n) is 3.54. The average Bonchev–Trinajstić information content (AvgIpc) is 2.96. The highest BCUT2D eigenvalue weighted by Gasteiger charge is 2.26. The lowest BCUT2D eigenvalue weighted by molar-refractivity contribution is 0.344. The number of nitrogens with one attached hydrogen (secondary N) is 1. The quantitative estimate of drug-likeness (QED) is 0.830. The number of likely N-dealkylation sites (N-methyl/N-ethyl adjacent to an activating group) is 2. The zero-order chi connectivity index (χ0) is 12.3. The number of nitrogens with zero attached hydrogens (tertiary/aromatic N) is 3. The van der Waals surface area contributed by atoms with Gasteiger partial charge in [0.1, 0.15) is 0 Å². The highest BCUT2D eigenvalue weighted by Crippen LogP contribution is 2.24. The maximum atomic E-state index is 5.30. The molecule has 1 N–H and O–H groups in total. The van der Waals surface area contributed by atoms with Crippen molar-refractivity contribution in [3.8, 4) is 0 Å². The summed E-state index contributed by atoms with van der Waals surface area (Å²) in [6.07, 6.45) is 1.95. The van der Waals surface area contributed by atoms with Crippen LogP contribution < -0.4 is 5.32 Å². The van der Waals surface area contributed by atoms with Crippen molar-refractivity contribution in [2.45, 2.75) is 38.6 Å². The summed E-state index contributed by atoms with van der Waals surface area (Å²) >= 11 is 0. The summed E-state index contributed by atoms with van der Waals surface area (Å²) < 4.78 is 5.30. The Hall–Kier alpha value is -0.940. The van der Waals surface area contributed by atoms with Gasteiger partial charge in [0.05, 0.1) is 0 Å². The van der Waals surface area contributed by atoms with Crippen LogP contribution in [0.3, 0.4) is 0 Å². The number of hydrogen-bond donors (Lipinski definition) is 1. The molecule has 1 aliphatic rings. The van der Waals surface area contributed by atoms with E-state index in [-0.39, 0.29) is 0 Å². The summed E-state index contributed by atoms with van der Waals surface area (Å²) in [6.45, 7) is 7.63. The molecule has 96 valence electrons. The van der Waals surface area contributed by atoms with Crippen molar-refractivity contribution in [2.75, 3.05) is 26.7 Å². The molecule has 2 rings (SSSR count). The second-order valence-corrected chi connectivity index (χ2v) is 4.82. The topological polar surface area (TPSA) is 54.2 Å². The molecule has 0 bridgehead atoms. The summed E-state index contributed by atoms with van der Waals surface area (Å²) in [7, 11) is 1.94. The van der Waals surface area contributed by atoms with Gasteiger partial charge in [-0.1, -0.05) is 12.1 Å². The highest BCUT2D eigenvalue weighted by molar-refractivity contribution is 5.00. The Morgan fingerprint density at radius 3 is 3.06 bits per heavy atom. The fraction of sp³-hybridized carbons (Fsp3) is 0.833. The van der Waals surface area contributed by atoms with Crippen LogP contribution in [0.2, 0.25) is 0 Å². The van der Waals surface area contributed by atoms with E-state index < -0.39 is 0 Å². The monoisotopic (exact) mass is 238 g/mol. The third-order valence-corrected chi connectivity index (χ3v) is 3.54. The van der Waals surface area contributed by atoms with E-state index in [0.29, 0.717) is 12.0 Å². The highest BCUT2D eigenvalue weighted by atomic mass is 16.5. The zero-order valence-corrected chi connectivity index (χ0v) is 10.9. The first-order chi connectivity index (χ1) is 8.22. The van der Waals surface area contributed by atoms with E-state index in [1.807, 2.05) is 7.05 Å². The smallest absolute Gasteiger partial charge is 0.228 e. The van der Waals surface area contributed by atoms with Gasteiger partial charge in [0.2, 0.25) is 5.89 Å². The Morgan fingerprint density at radius 1 is 1.59 bits per heavy atom. The van der Waals surface area contributed by atoms with Crippen molar-refractivity contribution in [1.29, 1.82) is 0 Å². The van der Waals surface area contributed by atoms with Crippen LogP contribution in [0, 0.1) is 0 Å². The first-order valence-electron chi connectivity index (χ1n) is 6.45. The van der Waals surface area contributed by atoms with Gasteiger partial charge in [0, 0.05) is 24.9 Å². The van der Waals surface area contributed by atoms with E-state index in [1.165, 1.54) is 0 Å². The van der Waals surface area contributed by atoms with Crippen molar-refractivity contribution < 1.29 is 4.52 Å². The first-order valence-corrected chi connectivity index (χ1v) is 6.45. The number of rotatable bonds is 5. The van der Waals surface area contributed by atoms with Gasteiger partial charge in [0.15, 0.2) is 5.82 Å². The normalized spacial score (nSPS) is 23.1. The van der Waals surface area contributed by atoms with Crippen LogP contribution >= 0.6 is 0 Å². The van der Waals surface area contributed by atoms with Crippen LogP contribution in [0.4, 0.5) is 0 Å². The summed E-state index contributed by atoms with van der Waals surface area (Å²) in [5.74, 6) is 2.09. The van der Waals surface area contributed by atoms with Crippen LogP contribution in [0.15, 0.2) is 4.52 Å². The fourth-order valence-corrected chi connectivity index (χ4v) is 2.21. The Labute approximate surface area is 103 Å². The first kappa shape index (κ1) is 12.5. The minimum absolute atomic E-state index is 0.374. The standard InChI is InChI=1S/C12H22N4O/c1-4-16-6-5-10(8-16)12-14-11(17-15-12)7-9(2)13-3/h9-10,13H,4-8H2,1-3H3. The molecule has 1 fully saturated rings. The lowest BCUT2D eigenvalue weighted by Crippen LogP contribution is -2.23. The minimum atomic E-state index is 0.374. The summed E-state index contributed by atoms with van der Waals surface area (Å²) in [5, 5.41) is 7.29. The second kappa shape index (κ2) is 5.60. The molecule has 0 aliphatic carbocycles. The van der Waals surface area contributed by atoms with Gasteiger partial charge in [-0.3, -0.25) is 0 Å². The molecule has 1 aromatic rings. The van der Waals surface area contributed by atoms with Crippen LogP contribution in [-0.2, 0) is 6.42 Å². The number of aromatic nitrogens is 2. The molecule has 0 aromatic carbocycles. The number of likely N-dealkylation sites (tertiary alicyclic amines) is 1. The Balaban J connectivity index is 1.94. The Morgan fingerprint density at radius 2 is 2.41 bits per heavy atom. The lowest BCUT2D eigenvalue weighted by Gasteiger charge is -2.10. The fourth-order valence-electron chi connectivity index (χ4n) is 2.21. The molecular weight excluding hydrogens is 216 g/mol. The molecule has 0 saturated carbocycles. The molecular formula is C12H22N4O. The predicted octanol–water partition coefficient (Wildman–Crippen LogP) is 1.03. The van der Waals surface area contributed by atoms with Gasteiger partial charge in [0.25, 0.3) is 0 Å². The molecule has 5 heteroatoms. The van der Waals surface area contributed by atoms with Gasteiger partial charge in [-0.25, -0.2) is 0 Å². The zero-order valence-electron chi connectivity index (χ0n) is 10.9. The van der Waals surface area contributed by atoms with Gasteiger partial charge in [-0.2, -0.15) is 4.98 Å². The van der Waals surface area contributed by atoms with Gasteiger partial charge < -0.3 is 14.7 Å². The SMILES string of the molecule is CCN1CCC(c2noc(CC(C)NC)n2)C1. The average molecular weight is 238 g/mol. The molecule has 1 aromatic heterocycles. The van der Waals surface area contributed by atoms with Gasteiger partial charge >= 0.3 is 0 Å². The van der Waals surface area contributed by atoms with Crippen LogP contribution in [0.1, 0.15) is 37.9 Å². The maximum absolute atomic E-state index is 5.30. The van der Waals surface area contributed by atoms with E-state index in [4.69, 9.17) is 4.52 Å². The largest absolute Gasteiger partial charge is 0.339 e. The number of hydrogen-bond acceptors (Lipinski definition) is 5. The molecule has 2 heterocycles. The van der Waals surface area contributed by atoms with Crippen LogP contribution in [0.25, 0.3) is 0 Å². The summed E-state index contributed by atoms with van der Waals surface area (Å²) in [4.78, 5) is 6.93. The summed E-state index contributed by atoms with van der Waals surface area (Å²) in [5.41, 5.74) is 0. The predicted molar refractivity (Wildman–Crippen MR) is 66.0 cm³/mol. The van der Waals surface area contributed by atoms with Crippen molar-refractivity contribution >= 4 is 0 Å². The van der Waals surface area contributed by atoms with E-state index >= 15 is 0 Å². The van der Waals surface area contributed by atoms with E-state index in [2.05, 4.69) is 34.2 Å². The Bertz CT molecular complexity index is 352. The van der Waals surface area contributed by atoms with E-state index in [0.717, 1.165) is 44.2 Å². The maximum Gasteiger partial charge on any atom is 0.228 e. The molecule has 1 aliphatic heterocycles. The van der Waals surface area contributed by atoms with E-state index in [1.54, 1.807) is 0 Å². The van der Waals surface area contributed by atoms with Crippen molar-refractivity contribution in [2.24, 2.45) is 0 Å². The molecule has 5 nitrogen and oxygen atoms in total. The van der Waals surface area contributed by atoms with Crippen molar-refractivity contribution in [3.05, 3.63) is 11.7 Å². The molecule has 0 radical (unpaired) electrons. The van der Waals surface area contributed by atoms with Crippen LogP contribution in [0.5, 0.6) is 0 Å². The lowest BCUT2D eigenvalue weighted by atomic mass is 10.1.